The molecule has 1 aromatic rings. The van der Waals surface area contributed by atoms with E-state index in [-0.39, 0.29) is 5.41 Å². The Balaban J connectivity index is 2.09. The molecule has 1 aliphatic rings. The Hall–Kier alpha value is -0.900. The maximum atomic E-state index is 11.0. The normalized spacial score (nSPS) is 27.0. The summed E-state index contributed by atoms with van der Waals surface area (Å²) < 4.78 is 5.41. The van der Waals surface area contributed by atoms with Gasteiger partial charge in [0.25, 0.3) is 0 Å². The summed E-state index contributed by atoms with van der Waals surface area (Å²) in [5.41, 5.74) is 1.93. The summed E-state index contributed by atoms with van der Waals surface area (Å²) in [5.74, 6) is 0. The third-order valence-corrected chi connectivity index (χ3v) is 5.11. The van der Waals surface area contributed by atoms with Crippen molar-refractivity contribution in [1.29, 1.82) is 0 Å². The van der Waals surface area contributed by atoms with Crippen molar-refractivity contribution in [3.05, 3.63) is 35.4 Å². The molecule has 0 spiro atoms. The van der Waals surface area contributed by atoms with Gasteiger partial charge in [-0.25, -0.2) is 0 Å². The summed E-state index contributed by atoms with van der Waals surface area (Å²) in [6.07, 6.45) is 4.80. The predicted octanol–water partition coefficient (Wildman–Crippen LogP) is 4.16. The lowest BCUT2D eigenvalue weighted by atomic mass is 9.78. The van der Waals surface area contributed by atoms with E-state index in [1.165, 1.54) is 5.56 Å². The molecule has 1 aromatic carbocycles. The number of methoxy groups -OCH3 is 1. The number of nitrogens with one attached hydrogen (secondary N) is 1. The van der Waals surface area contributed by atoms with Gasteiger partial charge in [0.2, 0.25) is 0 Å². The maximum absolute atomic E-state index is 11.0. The molecule has 0 heterocycles. The van der Waals surface area contributed by atoms with Gasteiger partial charge in [0.15, 0.2) is 0 Å². The van der Waals surface area contributed by atoms with E-state index in [0.29, 0.717) is 12.1 Å². The van der Waals surface area contributed by atoms with E-state index in [4.69, 9.17) is 4.74 Å². The van der Waals surface area contributed by atoms with Crippen LogP contribution in [-0.4, -0.2) is 25.4 Å². The fraction of sp³-hybridized carbons (Fsp3) is 0.700. The Labute approximate surface area is 141 Å². The van der Waals surface area contributed by atoms with E-state index >= 15 is 0 Å². The van der Waals surface area contributed by atoms with Crippen molar-refractivity contribution in [1.82, 2.24) is 5.32 Å². The molecule has 0 amide bonds. The molecule has 1 aliphatic carbocycles. The monoisotopic (exact) mass is 319 g/mol. The summed E-state index contributed by atoms with van der Waals surface area (Å²) in [6, 6.07) is 8.90. The summed E-state index contributed by atoms with van der Waals surface area (Å²) in [5, 5.41) is 14.4. The van der Waals surface area contributed by atoms with Crippen LogP contribution in [0.15, 0.2) is 24.3 Å². The van der Waals surface area contributed by atoms with Crippen molar-refractivity contribution in [2.75, 3.05) is 14.2 Å². The van der Waals surface area contributed by atoms with Crippen molar-refractivity contribution in [2.24, 2.45) is 5.41 Å². The molecule has 1 saturated carbocycles. The molecule has 1 unspecified atom stereocenters. The predicted molar refractivity (Wildman–Crippen MR) is 95.5 cm³/mol. The Kier molecular flexibility index (Phi) is 5.88. The van der Waals surface area contributed by atoms with E-state index in [1.54, 1.807) is 7.11 Å². The SMILES string of the molecule is CNC(CC(C)(C)C)c1ccc(C2(O)CCC(OC)CC2)cc1. The molecule has 0 bridgehead atoms. The molecule has 0 radical (unpaired) electrons. The third-order valence-electron chi connectivity index (χ3n) is 5.11. The Morgan fingerprint density at radius 2 is 1.78 bits per heavy atom. The first kappa shape index (κ1) is 18.4. The second-order valence-electron chi connectivity index (χ2n) is 8.19. The van der Waals surface area contributed by atoms with Gasteiger partial charge in [-0.1, -0.05) is 45.0 Å². The van der Waals surface area contributed by atoms with Gasteiger partial charge in [-0.15, -0.1) is 0 Å². The molecule has 0 aromatic heterocycles. The molecule has 0 aliphatic heterocycles. The van der Waals surface area contributed by atoms with Crippen molar-refractivity contribution >= 4 is 0 Å². The lowest BCUT2D eigenvalue weighted by molar-refractivity contribution is -0.0474. The standard InChI is InChI=1S/C20H33NO2/c1-19(2,3)14-18(21-4)15-6-8-16(9-7-15)20(22)12-10-17(23-5)11-13-20/h6-9,17-18,21-22H,10-14H2,1-5H3. The number of benzene rings is 1. The average molecular weight is 319 g/mol. The van der Waals surface area contributed by atoms with Crippen molar-refractivity contribution in [3.8, 4) is 0 Å². The zero-order valence-corrected chi connectivity index (χ0v) is 15.4. The quantitative estimate of drug-likeness (QED) is 0.856. The molecule has 3 nitrogen and oxygen atoms in total. The minimum absolute atomic E-state index is 0.281. The Morgan fingerprint density at radius 3 is 2.22 bits per heavy atom. The third kappa shape index (κ3) is 4.79. The molecule has 3 heteroatoms. The molecule has 1 fully saturated rings. The number of ether oxygens (including phenoxy) is 1. The summed E-state index contributed by atoms with van der Waals surface area (Å²) in [6.45, 7) is 6.80. The van der Waals surface area contributed by atoms with Crippen LogP contribution in [0.5, 0.6) is 0 Å². The smallest absolute Gasteiger partial charge is 0.0898 e. The summed E-state index contributed by atoms with van der Waals surface area (Å²) >= 11 is 0. The number of aliphatic hydroxyl groups is 1. The lowest BCUT2D eigenvalue weighted by Gasteiger charge is -2.36. The highest BCUT2D eigenvalue weighted by Gasteiger charge is 2.34. The zero-order chi connectivity index (χ0) is 17.1. The largest absolute Gasteiger partial charge is 0.385 e. The summed E-state index contributed by atoms with van der Waals surface area (Å²) in [7, 11) is 3.78. The van der Waals surface area contributed by atoms with Crippen molar-refractivity contribution in [2.45, 2.75) is 70.6 Å². The van der Waals surface area contributed by atoms with Gasteiger partial charge in [-0.2, -0.15) is 0 Å². The Morgan fingerprint density at radius 1 is 1.22 bits per heavy atom. The second kappa shape index (κ2) is 7.33. The van der Waals surface area contributed by atoms with Gasteiger partial charge in [0.05, 0.1) is 11.7 Å². The molecule has 23 heavy (non-hydrogen) atoms. The summed E-state index contributed by atoms with van der Waals surface area (Å²) in [4.78, 5) is 0. The van der Waals surface area contributed by atoms with Gasteiger partial charge in [0, 0.05) is 13.2 Å². The topological polar surface area (TPSA) is 41.5 Å². The minimum atomic E-state index is -0.688. The molecule has 2 rings (SSSR count). The van der Waals surface area contributed by atoms with Gasteiger partial charge in [-0.3, -0.25) is 0 Å². The lowest BCUT2D eigenvalue weighted by Crippen LogP contribution is -2.34. The van der Waals surface area contributed by atoms with Crippen LogP contribution in [0.1, 0.15) is 70.0 Å². The number of rotatable bonds is 5. The zero-order valence-electron chi connectivity index (χ0n) is 15.4. The average Bonchev–Trinajstić information content (AvgIpc) is 2.53. The van der Waals surface area contributed by atoms with Crippen LogP contribution < -0.4 is 5.32 Å². The van der Waals surface area contributed by atoms with Crippen molar-refractivity contribution < 1.29 is 9.84 Å². The van der Waals surface area contributed by atoms with Crippen LogP contribution in [-0.2, 0) is 10.3 Å². The first-order valence-corrected chi connectivity index (χ1v) is 8.80. The number of hydrogen-bond donors (Lipinski definition) is 2. The van der Waals surface area contributed by atoms with Crippen LogP contribution in [0.2, 0.25) is 0 Å². The van der Waals surface area contributed by atoms with E-state index < -0.39 is 5.60 Å². The highest BCUT2D eigenvalue weighted by atomic mass is 16.5. The fourth-order valence-corrected chi connectivity index (χ4v) is 3.62. The fourth-order valence-electron chi connectivity index (χ4n) is 3.62. The van der Waals surface area contributed by atoms with E-state index in [2.05, 4.69) is 50.4 Å². The Bertz CT molecular complexity index is 481. The van der Waals surface area contributed by atoms with Gasteiger partial charge < -0.3 is 15.2 Å². The van der Waals surface area contributed by atoms with Crippen molar-refractivity contribution in [3.63, 3.8) is 0 Å². The highest BCUT2D eigenvalue weighted by molar-refractivity contribution is 5.29. The molecule has 130 valence electrons. The molecular weight excluding hydrogens is 286 g/mol. The van der Waals surface area contributed by atoms with Crippen LogP contribution >= 0.6 is 0 Å². The van der Waals surface area contributed by atoms with Gasteiger partial charge in [0.1, 0.15) is 0 Å². The van der Waals surface area contributed by atoms with Crippen LogP contribution in [0.25, 0.3) is 0 Å². The highest BCUT2D eigenvalue weighted by Crippen LogP contribution is 2.38. The van der Waals surface area contributed by atoms with Gasteiger partial charge >= 0.3 is 0 Å². The molecule has 0 saturated heterocycles. The molecule has 1 atom stereocenters. The minimum Gasteiger partial charge on any atom is -0.385 e. The van der Waals surface area contributed by atoms with Crippen LogP contribution in [0.4, 0.5) is 0 Å². The van der Waals surface area contributed by atoms with E-state index in [1.807, 2.05) is 7.05 Å². The van der Waals surface area contributed by atoms with Crippen LogP contribution in [0.3, 0.4) is 0 Å². The maximum Gasteiger partial charge on any atom is 0.0898 e. The molecule has 2 N–H and O–H groups in total. The van der Waals surface area contributed by atoms with E-state index in [0.717, 1.165) is 37.7 Å². The number of hydrogen-bond acceptors (Lipinski definition) is 3. The first-order chi connectivity index (χ1) is 10.8. The van der Waals surface area contributed by atoms with Gasteiger partial charge in [-0.05, 0) is 55.7 Å². The first-order valence-electron chi connectivity index (χ1n) is 8.80. The molecular formula is C20H33NO2. The van der Waals surface area contributed by atoms with E-state index in [9.17, 15) is 5.11 Å². The second-order valence-corrected chi connectivity index (χ2v) is 8.19. The van der Waals surface area contributed by atoms with Crippen LogP contribution in [0, 0.1) is 5.41 Å².